The van der Waals surface area contributed by atoms with E-state index in [4.69, 9.17) is 16.6 Å². The van der Waals surface area contributed by atoms with Crippen LogP contribution in [0.1, 0.15) is 30.2 Å². The third-order valence-corrected chi connectivity index (χ3v) is 7.40. The van der Waals surface area contributed by atoms with Gasteiger partial charge in [-0.1, -0.05) is 24.6 Å². The molecular weight excluding hydrogens is 404 g/mol. The van der Waals surface area contributed by atoms with Gasteiger partial charge in [-0.15, -0.1) is 11.3 Å². The highest BCUT2D eigenvalue weighted by Gasteiger charge is 2.27. The monoisotopic (exact) mass is 428 g/mol. The van der Waals surface area contributed by atoms with Crippen LogP contribution >= 0.6 is 22.9 Å². The smallest absolute Gasteiger partial charge is 0.268 e. The van der Waals surface area contributed by atoms with Crippen LogP contribution in [0.5, 0.6) is 0 Å². The van der Waals surface area contributed by atoms with Crippen LogP contribution in [0, 0.1) is 5.92 Å². The molecule has 1 fully saturated rings. The Bertz CT molecular complexity index is 1140. The summed E-state index contributed by atoms with van der Waals surface area (Å²) in [5.74, 6) is 1.35. The number of rotatable bonds is 2. The zero-order chi connectivity index (χ0) is 20.1. The van der Waals surface area contributed by atoms with E-state index in [-0.39, 0.29) is 5.56 Å². The summed E-state index contributed by atoms with van der Waals surface area (Å²) >= 11 is 7.97. The maximum Gasteiger partial charge on any atom is 0.268 e. The van der Waals surface area contributed by atoms with Crippen LogP contribution in [0.4, 0.5) is 5.95 Å². The molecule has 2 aliphatic rings. The normalized spacial score (nSPS) is 20.2. The van der Waals surface area contributed by atoms with Crippen LogP contribution in [-0.4, -0.2) is 41.1 Å². The maximum atomic E-state index is 13.8. The standard InChI is InChI=1S/C22H25ClN4OS/c1-14-5-4-9-26(12-14)22-24-20-19(17-8-10-25(2)13-18(17)29-20)21(28)27(22)16-7-3-6-15(23)11-16/h3,6-7,11,14H,4-5,8-10,12-13H2,1-2H3. The highest BCUT2D eigenvalue weighted by molar-refractivity contribution is 7.18. The molecule has 1 atom stereocenters. The molecule has 4 heterocycles. The van der Waals surface area contributed by atoms with E-state index in [0.29, 0.717) is 10.9 Å². The number of nitrogens with zero attached hydrogens (tertiary/aromatic N) is 4. The molecule has 2 aliphatic heterocycles. The lowest BCUT2D eigenvalue weighted by Crippen LogP contribution is -2.39. The van der Waals surface area contributed by atoms with Gasteiger partial charge in [0.25, 0.3) is 5.56 Å². The highest BCUT2D eigenvalue weighted by atomic mass is 35.5. The topological polar surface area (TPSA) is 41.4 Å². The quantitative estimate of drug-likeness (QED) is 0.609. The van der Waals surface area contributed by atoms with Gasteiger partial charge in [-0.2, -0.15) is 0 Å². The lowest BCUT2D eigenvalue weighted by molar-refractivity contribution is 0.318. The van der Waals surface area contributed by atoms with Crippen LogP contribution < -0.4 is 10.5 Å². The first-order valence-corrected chi connectivity index (χ1v) is 11.5. The van der Waals surface area contributed by atoms with Crippen LogP contribution in [0.2, 0.25) is 5.02 Å². The second kappa shape index (κ2) is 7.42. The van der Waals surface area contributed by atoms with Crippen LogP contribution in [0.3, 0.4) is 0 Å². The Morgan fingerprint density at radius 2 is 2.14 bits per heavy atom. The lowest BCUT2D eigenvalue weighted by atomic mass is 10.0. The number of aromatic nitrogens is 2. The van der Waals surface area contributed by atoms with Gasteiger partial charge in [-0.3, -0.25) is 4.79 Å². The Morgan fingerprint density at radius 3 is 2.93 bits per heavy atom. The van der Waals surface area contributed by atoms with Crippen molar-refractivity contribution < 1.29 is 0 Å². The number of thiophene rings is 1. The molecule has 29 heavy (non-hydrogen) atoms. The Kier molecular flexibility index (Phi) is 4.88. The van der Waals surface area contributed by atoms with Gasteiger partial charge in [0.05, 0.1) is 11.1 Å². The Morgan fingerprint density at radius 1 is 1.28 bits per heavy atom. The van der Waals surface area contributed by atoms with Crippen LogP contribution in [-0.2, 0) is 13.0 Å². The fraction of sp³-hybridized carbons (Fsp3) is 0.455. The van der Waals surface area contributed by atoms with Crippen molar-refractivity contribution in [3.05, 3.63) is 50.1 Å². The number of piperidine rings is 1. The Balaban J connectivity index is 1.77. The van der Waals surface area contributed by atoms with Crippen molar-refractivity contribution in [2.45, 2.75) is 32.7 Å². The largest absolute Gasteiger partial charge is 0.342 e. The molecule has 1 saturated heterocycles. The summed E-state index contributed by atoms with van der Waals surface area (Å²) in [6.45, 7) is 5.99. The van der Waals surface area contributed by atoms with Crippen molar-refractivity contribution in [2.75, 3.05) is 31.6 Å². The summed E-state index contributed by atoms with van der Waals surface area (Å²) in [6, 6.07) is 7.55. The fourth-order valence-electron chi connectivity index (χ4n) is 4.59. The summed E-state index contributed by atoms with van der Waals surface area (Å²) < 4.78 is 1.79. The summed E-state index contributed by atoms with van der Waals surface area (Å²) in [6.07, 6.45) is 3.24. The third kappa shape index (κ3) is 3.37. The fourth-order valence-corrected chi connectivity index (χ4v) is 6.06. The predicted octanol–water partition coefficient (Wildman–Crippen LogP) is 4.32. The minimum absolute atomic E-state index is 0.0348. The van der Waals surface area contributed by atoms with E-state index >= 15 is 0 Å². The molecule has 3 aromatic rings. The molecule has 5 nitrogen and oxygen atoms in total. The molecule has 2 aromatic heterocycles. The predicted molar refractivity (Wildman–Crippen MR) is 121 cm³/mol. The van der Waals surface area contributed by atoms with Crippen LogP contribution in [0.15, 0.2) is 29.1 Å². The zero-order valence-electron chi connectivity index (χ0n) is 16.8. The molecule has 0 saturated carbocycles. The van der Waals surface area contributed by atoms with E-state index in [9.17, 15) is 4.79 Å². The van der Waals surface area contributed by atoms with Crippen molar-refractivity contribution in [3.63, 3.8) is 0 Å². The molecule has 5 rings (SSSR count). The number of fused-ring (bicyclic) bond motifs is 3. The third-order valence-electron chi connectivity index (χ3n) is 6.05. The van der Waals surface area contributed by atoms with E-state index in [1.54, 1.807) is 15.9 Å². The van der Waals surface area contributed by atoms with Gasteiger partial charge >= 0.3 is 0 Å². The second-order valence-electron chi connectivity index (χ2n) is 8.40. The zero-order valence-corrected chi connectivity index (χ0v) is 18.4. The minimum Gasteiger partial charge on any atom is -0.342 e. The van der Waals surface area contributed by atoms with Crippen molar-refractivity contribution in [2.24, 2.45) is 5.92 Å². The van der Waals surface area contributed by atoms with Crippen molar-refractivity contribution in [1.29, 1.82) is 0 Å². The number of hydrogen-bond donors (Lipinski definition) is 0. The van der Waals surface area contributed by atoms with E-state index in [1.807, 2.05) is 24.3 Å². The Labute approximate surface area is 179 Å². The van der Waals surface area contributed by atoms with Crippen molar-refractivity contribution in [1.82, 2.24) is 14.5 Å². The molecule has 7 heteroatoms. The minimum atomic E-state index is 0.0348. The molecule has 0 N–H and O–H groups in total. The van der Waals surface area contributed by atoms with Crippen molar-refractivity contribution >= 4 is 39.1 Å². The summed E-state index contributed by atoms with van der Waals surface area (Å²) in [4.78, 5) is 25.7. The summed E-state index contributed by atoms with van der Waals surface area (Å²) in [5, 5.41) is 1.42. The van der Waals surface area contributed by atoms with E-state index in [0.717, 1.165) is 60.9 Å². The lowest BCUT2D eigenvalue weighted by Gasteiger charge is -2.33. The SMILES string of the molecule is CC1CCCN(c2nc3sc4c(c3c(=O)n2-c2cccc(Cl)c2)CCN(C)C4)C1. The first kappa shape index (κ1) is 19.1. The average Bonchev–Trinajstić information content (AvgIpc) is 3.05. The van der Waals surface area contributed by atoms with E-state index < -0.39 is 0 Å². The second-order valence-corrected chi connectivity index (χ2v) is 9.92. The number of anilines is 1. The summed E-state index contributed by atoms with van der Waals surface area (Å²) in [5.41, 5.74) is 2.01. The first-order valence-electron chi connectivity index (χ1n) is 10.3. The van der Waals surface area contributed by atoms with Gasteiger partial charge in [0.2, 0.25) is 5.95 Å². The van der Waals surface area contributed by atoms with Gasteiger partial charge < -0.3 is 9.80 Å². The first-order chi connectivity index (χ1) is 14.0. The van der Waals surface area contributed by atoms with Gasteiger partial charge in [0.1, 0.15) is 4.83 Å². The number of benzene rings is 1. The molecular formula is C22H25ClN4OS. The molecule has 1 unspecified atom stereocenters. The number of halogens is 1. The highest BCUT2D eigenvalue weighted by Crippen LogP contribution is 2.34. The van der Waals surface area contributed by atoms with Gasteiger partial charge in [0.15, 0.2) is 0 Å². The molecule has 0 radical (unpaired) electrons. The maximum absolute atomic E-state index is 13.8. The van der Waals surface area contributed by atoms with E-state index in [2.05, 4.69) is 23.8 Å². The van der Waals surface area contributed by atoms with Gasteiger partial charge in [0, 0.05) is 36.1 Å². The van der Waals surface area contributed by atoms with E-state index in [1.165, 1.54) is 16.9 Å². The molecule has 152 valence electrons. The summed E-state index contributed by atoms with van der Waals surface area (Å²) in [7, 11) is 2.13. The molecule has 0 bridgehead atoms. The molecule has 0 amide bonds. The van der Waals surface area contributed by atoms with Crippen molar-refractivity contribution in [3.8, 4) is 5.69 Å². The molecule has 0 spiro atoms. The number of likely N-dealkylation sites (N-methyl/N-ethyl adjacent to an activating group) is 1. The van der Waals surface area contributed by atoms with Gasteiger partial charge in [-0.25, -0.2) is 9.55 Å². The Hall–Kier alpha value is -1.89. The van der Waals surface area contributed by atoms with Gasteiger partial charge in [-0.05, 0) is 56.0 Å². The molecule has 1 aromatic carbocycles. The number of hydrogen-bond acceptors (Lipinski definition) is 5. The van der Waals surface area contributed by atoms with Crippen LogP contribution in [0.25, 0.3) is 15.9 Å². The molecule has 0 aliphatic carbocycles. The average molecular weight is 429 g/mol.